The minimum Gasteiger partial charge on any atom is -0.497 e. The van der Waals surface area contributed by atoms with Crippen LogP contribution in [0.3, 0.4) is 0 Å². The molecule has 1 unspecified atom stereocenters. The summed E-state index contributed by atoms with van der Waals surface area (Å²) in [6.45, 7) is 7.13. The summed E-state index contributed by atoms with van der Waals surface area (Å²) >= 11 is 0. The Bertz CT molecular complexity index is 1280. The van der Waals surface area contributed by atoms with Crippen molar-refractivity contribution in [2.45, 2.75) is 78.2 Å². The molecule has 208 valence electrons. The van der Waals surface area contributed by atoms with E-state index in [2.05, 4.69) is 26.8 Å². The van der Waals surface area contributed by atoms with E-state index in [0.717, 1.165) is 66.5 Å². The highest BCUT2D eigenvalue weighted by molar-refractivity contribution is 5.70. The lowest BCUT2D eigenvalue weighted by Gasteiger charge is -2.26. The first-order valence-electron chi connectivity index (χ1n) is 14.1. The Morgan fingerprint density at radius 1 is 1.05 bits per heavy atom. The van der Waals surface area contributed by atoms with Gasteiger partial charge in [0.2, 0.25) is 0 Å². The number of methoxy groups -OCH3 is 1. The number of hydrogen-bond donors (Lipinski definition) is 1. The molecule has 0 radical (unpaired) electrons. The van der Waals surface area contributed by atoms with Gasteiger partial charge < -0.3 is 14.6 Å². The Morgan fingerprint density at radius 3 is 2.54 bits per heavy atom. The Kier molecular flexibility index (Phi) is 9.32. The molecule has 0 aromatic heterocycles. The van der Waals surface area contributed by atoms with Gasteiger partial charge in [0.1, 0.15) is 23.9 Å². The van der Waals surface area contributed by atoms with E-state index in [9.17, 15) is 9.90 Å². The number of aliphatic carboxylic acids is 1. The van der Waals surface area contributed by atoms with Gasteiger partial charge in [-0.1, -0.05) is 63.9 Å². The summed E-state index contributed by atoms with van der Waals surface area (Å²) in [6, 6.07) is 18.9. The molecule has 5 heteroatoms. The first-order chi connectivity index (χ1) is 18.7. The zero-order valence-corrected chi connectivity index (χ0v) is 23.6. The molecule has 4 nitrogen and oxygen atoms in total. The third-order valence-electron chi connectivity index (χ3n) is 7.79. The van der Waals surface area contributed by atoms with E-state index < -0.39 is 5.97 Å². The van der Waals surface area contributed by atoms with Crippen LogP contribution in [-0.2, 0) is 17.8 Å². The van der Waals surface area contributed by atoms with Gasteiger partial charge in [-0.2, -0.15) is 0 Å². The standard InChI is InChI=1S/C34H41FO4/c1-5-6-16-34(2,3)21-26-17-23(10-14-29(26)31-19-27(38-4)13-15-32(31)35)22-39-28-9-7-8-25(18-28)30(20-33(36)37)24-11-12-24/h7-10,13-15,17-19,24,30H,5-6,11-12,16,20-22H2,1-4H3,(H,36,37). The first-order valence-corrected chi connectivity index (χ1v) is 14.1. The van der Waals surface area contributed by atoms with Crippen LogP contribution in [0.15, 0.2) is 60.7 Å². The van der Waals surface area contributed by atoms with Crippen molar-refractivity contribution in [3.8, 4) is 22.6 Å². The molecule has 0 bridgehead atoms. The second-order valence-electron chi connectivity index (χ2n) is 11.7. The second-order valence-corrected chi connectivity index (χ2v) is 11.7. The number of ether oxygens (including phenoxy) is 2. The highest BCUT2D eigenvalue weighted by atomic mass is 19.1. The van der Waals surface area contributed by atoms with Crippen LogP contribution in [0.2, 0.25) is 0 Å². The summed E-state index contributed by atoms with van der Waals surface area (Å²) in [5.41, 5.74) is 4.62. The van der Waals surface area contributed by atoms with E-state index in [-0.39, 0.29) is 23.6 Å². The second kappa shape index (κ2) is 12.7. The fraction of sp³-hybridized carbons (Fsp3) is 0.441. The van der Waals surface area contributed by atoms with Crippen LogP contribution < -0.4 is 9.47 Å². The molecule has 39 heavy (non-hydrogen) atoms. The van der Waals surface area contributed by atoms with Gasteiger partial charge >= 0.3 is 5.97 Å². The molecule has 0 saturated heterocycles. The van der Waals surface area contributed by atoms with Crippen LogP contribution in [0.5, 0.6) is 11.5 Å². The normalized spacial score (nSPS) is 14.2. The minimum atomic E-state index is -0.764. The van der Waals surface area contributed by atoms with Crippen molar-refractivity contribution in [1.82, 2.24) is 0 Å². The van der Waals surface area contributed by atoms with Crippen LogP contribution >= 0.6 is 0 Å². The number of carbonyl (C=O) groups is 1. The molecule has 0 aliphatic heterocycles. The minimum absolute atomic E-state index is 0.0278. The molecule has 1 N–H and O–H groups in total. The summed E-state index contributed by atoms with van der Waals surface area (Å²) < 4.78 is 26.6. The third kappa shape index (κ3) is 7.84. The lowest BCUT2D eigenvalue weighted by molar-refractivity contribution is -0.137. The molecule has 4 rings (SSSR count). The number of benzene rings is 3. The maximum absolute atomic E-state index is 15.0. The third-order valence-corrected chi connectivity index (χ3v) is 7.79. The Hall–Kier alpha value is -3.34. The van der Waals surface area contributed by atoms with Crippen molar-refractivity contribution < 1.29 is 23.8 Å². The van der Waals surface area contributed by atoms with Crippen molar-refractivity contribution in [2.24, 2.45) is 11.3 Å². The number of carboxylic acid groups (broad SMARTS) is 1. The van der Waals surface area contributed by atoms with Crippen LogP contribution in [-0.4, -0.2) is 18.2 Å². The molecule has 0 amide bonds. The average molecular weight is 533 g/mol. The highest BCUT2D eigenvalue weighted by Gasteiger charge is 2.33. The van der Waals surface area contributed by atoms with Gasteiger partial charge in [-0.25, -0.2) is 4.39 Å². The lowest BCUT2D eigenvalue weighted by Crippen LogP contribution is -2.16. The van der Waals surface area contributed by atoms with Crippen molar-refractivity contribution in [1.29, 1.82) is 0 Å². The largest absolute Gasteiger partial charge is 0.497 e. The number of carboxylic acids is 1. The van der Waals surface area contributed by atoms with Gasteiger partial charge in [0.25, 0.3) is 0 Å². The maximum Gasteiger partial charge on any atom is 0.303 e. The van der Waals surface area contributed by atoms with Crippen LogP contribution in [0.4, 0.5) is 4.39 Å². The first kappa shape index (κ1) is 28.7. The van der Waals surface area contributed by atoms with Gasteiger partial charge in [-0.3, -0.25) is 4.79 Å². The molecular weight excluding hydrogens is 491 g/mol. The van der Waals surface area contributed by atoms with Crippen LogP contribution in [0.25, 0.3) is 11.1 Å². The van der Waals surface area contributed by atoms with Gasteiger partial charge in [-0.15, -0.1) is 0 Å². The lowest BCUT2D eigenvalue weighted by atomic mass is 9.79. The summed E-state index contributed by atoms with van der Waals surface area (Å²) in [5.74, 6) is 0.800. The van der Waals surface area contributed by atoms with Gasteiger partial charge in [0.05, 0.1) is 13.5 Å². The number of halogens is 1. The zero-order chi connectivity index (χ0) is 28.0. The summed E-state index contributed by atoms with van der Waals surface area (Å²) in [6.07, 6.45) is 6.52. The van der Waals surface area contributed by atoms with Crippen LogP contribution in [0.1, 0.15) is 81.9 Å². The molecule has 1 aliphatic carbocycles. The molecule has 1 atom stereocenters. The molecule has 3 aromatic carbocycles. The Balaban J connectivity index is 1.59. The van der Waals surface area contributed by atoms with E-state index in [1.54, 1.807) is 19.2 Å². The monoisotopic (exact) mass is 532 g/mol. The maximum atomic E-state index is 15.0. The number of unbranched alkanes of at least 4 members (excludes halogenated alkanes) is 1. The highest BCUT2D eigenvalue weighted by Crippen LogP contribution is 2.45. The average Bonchev–Trinajstić information content (AvgIpc) is 3.75. The summed E-state index contributed by atoms with van der Waals surface area (Å²) in [5, 5.41) is 9.39. The molecule has 3 aromatic rings. The van der Waals surface area contributed by atoms with Crippen molar-refractivity contribution >= 4 is 5.97 Å². The van der Waals surface area contributed by atoms with Crippen LogP contribution in [0, 0.1) is 17.2 Å². The summed E-state index contributed by atoms with van der Waals surface area (Å²) in [7, 11) is 1.59. The zero-order valence-electron chi connectivity index (χ0n) is 23.6. The molecule has 0 heterocycles. The van der Waals surface area contributed by atoms with E-state index in [0.29, 0.717) is 23.8 Å². The smallest absolute Gasteiger partial charge is 0.303 e. The van der Waals surface area contributed by atoms with E-state index in [4.69, 9.17) is 9.47 Å². The van der Waals surface area contributed by atoms with Gasteiger partial charge in [-0.05, 0) is 95.5 Å². The number of rotatable bonds is 14. The predicted octanol–water partition coefficient (Wildman–Crippen LogP) is 8.81. The van der Waals surface area contributed by atoms with Gasteiger partial charge in [0, 0.05) is 5.56 Å². The molecule has 0 spiro atoms. The Morgan fingerprint density at radius 2 is 1.85 bits per heavy atom. The molecular formula is C34H41FO4. The fourth-order valence-corrected chi connectivity index (χ4v) is 5.49. The molecule has 1 aliphatic rings. The van der Waals surface area contributed by atoms with E-state index in [1.165, 1.54) is 6.07 Å². The van der Waals surface area contributed by atoms with E-state index >= 15 is 4.39 Å². The van der Waals surface area contributed by atoms with Crippen molar-refractivity contribution in [3.05, 3.63) is 83.2 Å². The fourth-order valence-electron chi connectivity index (χ4n) is 5.49. The van der Waals surface area contributed by atoms with Crippen molar-refractivity contribution in [2.75, 3.05) is 7.11 Å². The number of hydrogen-bond acceptors (Lipinski definition) is 3. The quantitative estimate of drug-likeness (QED) is 0.225. The topological polar surface area (TPSA) is 55.8 Å². The summed E-state index contributed by atoms with van der Waals surface area (Å²) in [4.78, 5) is 11.4. The van der Waals surface area contributed by atoms with E-state index in [1.807, 2.05) is 36.4 Å². The molecule has 1 fully saturated rings. The molecule has 1 saturated carbocycles. The van der Waals surface area contributed by atoms with Gasteiger partial charge in [0.15, 0.2) is 0 Å². The Labute approximate surface area is 232 Å². The predicted molar refractivity (Wildman–Crippen MR) is 154 cm³/mol. The van der Waals surface area contributed by atoms with Crippen molar-refractivity contribution in [3.63, 3.8) is 0 Å². The SMILES string of the molecule is CCCCC(C)(C)Cc1cc(COc2cccc(C(CC(=O)O)C3CC3)c2)ccc1-c1cc(OC)ccc1F.